The van der Waals surface area contributed by atoms with Gasteiger partial charge in [0.25, 0.3) is 0 Å². The second-order valence-electron chi connectivity index (χ2n) is 3.67. The average molecular weight is 245 g/mol. The molecular formula is C10H17ClN4O. The first-order valence-corrected chi connectivity index (χ1v) is 5.59. The fourth-order valence-corrected chi connectivity index (χ4v) is 1.59. The van der Waals surface area contributed by atoms with Crippen molar-refractivity contribution in [1.82, 2.24) is 15.1 Å². The zero-order chi connectivity index (χ0) is 12.3. The van der Waals surface area contributed by atoms with Crippen molar-refractivity contribution in [3.8, 4) is 0 Å². The quantitative estimate of drug-likeness (QED) is 0.806. The molecule has 5 nitrogen and oxygen atoms in total. The minimum absolute atomic E-state index is 0.378. The third-order valence-electron chi connectivity index (χ3n) is 2.46. The molecule has 6 heteroatoms. The first-order valence-electron chi connectivity index (χ1n) is 5.21. The minimum Gasteiger partial charge on any atom is -0.368 e. The lowest BCUT2D eigenvalue weighted by atomic mass is 10.3. The van der Waals surface area contributed by atoms with Crippen molar-refractivity contribution in [2.45, 2.75) is 39.9 Å². The van der Waals surface area contributed by atoms with E-state index < -0.39 is 0 Å². The minimum atomic E-state index is -0.379. The highest BCUT2D eigenvalue weighted by Crippen LogP contribution is 2.19. The van der Waals surface area contributed by atoms with Crippen LogP contribution in [-0.2, 0) is 17.9 Å². The van der Waals surface area contributed by atoms with Gasteiger partial charge in [-0.3, -0.25) is 9.48 Å². The van der Waals surface area contributed by atoms with Crippen molar-refractivity contribution in [1.29, 1.82) is 0 Å². The first-order chi connectivity index (χ1) is 7.47. The SMILES string of the molecule is CCn1nc(C)c(Cl)c1CNC(C)C(N)=O. The predicted molar refractivity (Wildman–Crippen MR) is 63.1 cm³/mol. The number of carbonyl (C=O) groups excluding carboxylic acids is 1. The van der Waals surface area contributed by atoms with Crippen LogP contribution < -0.4 is 11.1 Å². The molecule has 1 rings (SSSR count). The molecule has 1 unspecified atom stereocenters. The Morgan fingerprint density at radius 2 is 2.31 bits per heavy atom. The van der Waals surface area contributed by atoms with Crippen LogP contribution in [0.2, 0.25) is 5.02 Å². The number of nitrogens with one attached hydrogen (secondary N) is 1. The zero-order valence-electron chi connectivity index (χ0n) is 9.75. The Balaban J connectivity index is 2.76. The maximum absolute atomic E-state index is 10.9. The van der Waals surface area contributed by atoms with E-state index in [4.69, 9.17) is 17.3 Å². The average Bonchev–Trinajstić information content (AvgIpc) is 2.51. The standard InChI is InChI=1S/C10H17ClN4O/c1-4-15-8(9(11)6(2)14-15)5-13-7(3)10(12)16/h7,13H,4-5H2,1-3H3,(H2,12,16). The van der Waals surface area contributed by atoms with E-state index in [1.807, 2.05) is 18.5 Å². The molecule has 16 heavy (non-hydrogen) atoms. The van der Waals surface area contributed by atoms with E-state index in [9.17, 15) is 4.79 Å². The number of amides is 1. The Labute approximate surface area is 99.9 Å². The van der Waals surface area contributed by atoms with E-state index in [2.05, 4.69) is 10.4 Å². The maximum Gasteiger partial charge on any atom is 0.234 e. The molecule has 0 spiro atoms. The molecule has 3 N–H and O–H groups in total. The van der Waals surface area contributed by atoms with Crippen LogP contribution in [0.5, 0.6) is 0 Å². The van der Waals surface area contributed by atoms with Gasteiger partial charge in [0.15, 0.2) is 0 Å². The third kappa shape index (κ3) is 2.74. The number of rotatable bonds is 5. The fraction of sp³-hybridized carbons (Fsp3) is 0.600. The van der Waals surface area contributed by atoms with Gasteiger partial charge in [0.1, 0.15) is 0 Å². The van der Waals surface area contributed by atoms with Crippen molar-refractivity contribution in [3.05, 3.63) is 16.4 Å². The highest BCUT2D eigenvalue weighted by molar-refractivity contribution is 6.31. The van der Waals surface area contributed by atoms with Gasteiger partial charge in [-0.05, 0) is 20.8 Å². The lowest BCUT2D eigenvalue weighted by Gasteiger charge is -2.11. The molecule has 0 saturated carbocycles. The number of nitrogens with two attached hydrogens (primary N) is 1. The van der Waals surface area contributed by atoms with Crippen LogP contribution >= 0.6 is 11.6 Å². The molecule has 1 aromatic heterocycles. The third-order valence-corrected chi connectivity index (χ3v) is 2.95. The van der Waals surface area contributed by atoms with Gasteiger partial charge in [-0.25, -0.2) is 0 Å². The molecule has 1 atom stereocenters. The van der Waals surface area contributed by atoms with Crippen LogP contribution in [0.3, 0.4) is 0 Å². The molecule has 1 heterocycles. The van der Waals surface area contributed by atoms with Crippen LogP contribution in [0.4, 0.5) is 0 Å². The summed E-state index contributed by atoms with van der Waals surface area (Å²) in [7, 11) is 0. The molecule has 0 saturated heterocycles. The molecule has 1 aromatic rings. The summed E-state index contributed by atoms with van der Waals surface area (Å²) in [6, 6.07) is -0.378. The van der Waals surface area contributed by atoms with Crippen molar-refractivity contribution in [2.24, 2.45) is 5.73 Å². The van der Waals surface area contributed by atoms with Crippen molar-refractivity contribution in [3.63, 3.8) is 0 Å². The number of carbonyl (C=O) groups is 1. The van der Waals surface area contributed by atoms with Gasteiger partial charge in [0, 0.05) is 13.1 Å². The van der Waals surface area contributed by atoms with Crippen LogP contribution in [0, 0.1) is 6.92 Å². The summed E-state index contributed by atoms with van der Waals surface area (Å²) < 4.78 is 1.82. The van der Waals surface area contributed by atoms with Gasteiger partial charge in [0.2, 0.25) is 5.91 Å². The van der Waals surface area contributed by atoms with E-state index >= 15 is 0 Å². The largest absolute Gasteiger partial charge is 0.368 e. The maximum atomic E-state index is 10.9. The Morgan fingerprint density at radius 3 is 2.81 bits per heavy atom. The van der Waals surface area contributed by atoms with Gasteiger partial charge in [0.05, 0.1) is 22.5 Å². The molecule has 90 valence electrons. The molecule has 0 aliphatic carbocycles. The lowest BCUT2D eigenvalue weighted by molar-refractivity contribution is -0.119. The fourth-order valence-electron chi connectivity index (χ4n) is 1.39. The number of aryl methyl sites for hydroxylation is 2. The number of hydrogen-bond donors (Lipinski definition) is 2. The number of nitrogens with zero attached hydrogens (tertiary/aromatic N) is 2. The second-order valence-corrected chi connectivity index (χ2v) is 4.04. The van der Waals surface area contributed by atoms with Crippen molar-refractivity contribution in [2.75, 3.05) is 0 Å². The van der Waals surface area contributed by atoms with Crippen LogP contribution in [0.15, 0.2) is 0 Å². The molecule has 0 bridgehead atoms. The van der Waals surface area contributed by atoms with E-state index in [1.165, 1.54) is 0 Å². The van der Waals surface area contributed by atoms with Crippen LogP contribution in [0.25, 0.3) is 0 Å². The Morgan fingerprint density at radius 1 is 1.69 bits per heavy atom. The van der Waals surface area contributed by atoms with Crippen LogP contribution in [0.1, 0.15) is 25.2 Å². The molecule has 0 fully saturated rings. The second kappa shape index (κ2) is 5.32. The summed E-state index contributed by atoms with van der Waals surface area (Å²) in [5.74, 6) is -0.379. The number of aromatic nitrogens is 2. The monoisotopic (exact) mass is 244 g/mol. The van der Waals surface area contributed by atoms with Crippen molar-refractivity contribution < 1.29 is 4.79 Å². The number of primary amides is 1. The molecule has 0 aliphatic rings. The summed E-state index contributed by atoms with van der Waals surface area (Å²) in [6.07, 6.45) is 0. The molecule has 0 aromatic carbocycles. The van der Waals surface area contributed by atoms with Gasteiger partial charge in [-0.1, -0.05) is 11.6 Å². The van der Waals surface area contributed by atoms with E-state index in [1.54, 1.807) is 6.92 Å². The summed E-state index contributed by atoms with van der Waals surface area (Å²) in [5, 5.41) is 7.93. The van der Waals surface area contributed by atoms with E-state index in [-0.39, 0.29) is 11.9 Å². The summed E-state index contributed by atoms with van der Waals surface area (Å²) in [5.41, 5.74) is 6.84. The predicted octanol–water partition coefficient (Wildman–Crippen LogP) is 0.828. The Bertz CT molecular complexity index is 388. The Hall–Kier alpha value is -1.07. The van der Waals surface area contributed by atoms with Gasteiger partial charge in [-0.2, -0.15) is 5.10 Å². The summed E-state index contributed by atoms with van der Waals surface area (Å²) in [4.78, 5) is 10.9. The highest BCUT2D eigenvalue weighted by atomic mass is 35.5. The molecule has 1 amide bonds. The summed E-state index contributed by atoms with van der Waals surface area (Å²) >= 11 is 6.12. The van der Waals surface area contributed by atoms with Gasteiger partial charge >= 0.3 is 0 Å². The van der Waals surface area contributed by atoms with Gasteiger partial charge in [-0.15, -0.1) is 0 Å². The van der Waals surface area contributed by atoms with Gasteiger partial charge < -0.3 is 11.1 Å². The summed E-state index contributed by atoms with van der Waals surface area (Å²) in [6.45, 7) is 6.79. The first kappa shape index (κ1) is 13.0. The number of hydrogen-bond acceptors (Lipinski definition) is 3. The van der Waals surface area contributed by atoms with E-state index in [0.29, 0.717) is 11.6 Å². The van der Waals surface area contributed by atoms with Crippen molar-refractivity contribution >= 4 is 17.5 Å². The Kier molecular flexibility index (Phi) is 4.32. The molecule has 0 aliphatic heterocycles. The molecular weight excluding hydrogens is 228 g/mol. The normalized spacial score (nSPS) is 12.8. The number of halogens is 1. The smallest absolute Gasteiger partial charge is 0.234 e. The van der Waals surface area contributed by atoms with E-state index in [0.717, 1.165) is 17.9 Å². The molecule has 0 radical (unpaired) electrons. The zero-order valence-corrected chi connectivity index (χ0v) is 10.5. The van der Waals surface area contributed by atoms with Crippen LogP contribution in [-0.4, -0.2) is 21.7 Å². The lowest BCUT2D eigenvalue weighted by Crippen LogP contribution is -2.38. The highest BCUT2D eigenvalue weighted by Gasteiger charge is 2.14. The topological polar surface area (TPSA) is 72.9 Å².